The first-order chi connectivity index (χ1) is 14.5. The Kier molecular flexibility index (Phi) is 5.07. The van der Waals surface area contributed by atoms with Crippen LogP contribution in [0.5, 0.6) is 0 Å². The third kappa shape index (κ3) is 4.04. The number of nitrogens with zero attached hydrogens (tertiary/aromatic N) is 2. The fourth-order valence-corrected chi connectivity index (χ4v) is 4.15. The first-order valence-corrected chi connectivity index (χ1v) is 10.4. The molecule has 0 spiro atoms. The molecule has 3 aliphatic heterocycles. The van der Waals surface area contributed by atoms with Crippen molar-refractivity contribution in [3.8, 4) is 0 Å². The number of nitrogens with one attached hydrogen (secondary N) is 1. The highest BCUT2D eigenvalue weighted by molar-refractivity contribution is 6.23. The van der Waals surface area contributed by atoms with Gasteiger partial charge in [-0.25, -0.2) is 4.79 Å². The van der Waals surface area contributed by atoms with Crippen molar-refractivity contribution in [2.45, 2.75) is 51.7 Å². The molecule has 0 aromatic heterocycles. The van der Waals surface area contributed by atoms with Crippen molar-refractivity contribution in [1.82, 2.24) is 15.1 Å². The molecule has 0 bridgehead atoms. The molecular weight excluding hydrogens is 402 g/mol. The van der Waals surface area contributed by atoms with Crippen LogP contribution >= 0.6 is 0 Å². The van der Waals surface area contributed by atoms with Crippen molar-refractivity contribution in [2.75, 3.05) is 13.1 Å². The Balaban J connectivity index is 1.41. The van der Waals surface area contributed by atoms with Gasteiger partial charge in [-0.15, -0.1) is 0 Å². The van der Waals surface area contributed by atoms with Crippen LogP contribution in [0.3, 0.4) is 0 Å². The van der Waals surface area contributed by atoms with E-state index in [4.69, 9.17) is 4.74 Å². The molecule has 1 unspecified atom stereocenters. The maximum absolute atomic E-state index is 12.9. The van der Waals surface area contributed by atoms with E-state index in [1.54, 1.807) is 23.1 Å². The summed E-state index contributed by atoms with van der Waals surface area (Å²) >= 11 is 0. The monoisotopic (exact) mass is 427 g/mol. The van der Waals surface area contributed by atoms with Gasteiger partial charge >= 0.3 is 6.09 Å². The smallest absolute Gasteiger partial charge is 0.410 e. The second-order valence-electron chi connectivity index (χ2n) is 9.28. The van der Waals surface area contributed by atoms with Crippen LogP contribution < -0.4 is 5.32 Å². The summed E-state index contributed by atoms with van der Waals surface area (Å²) in [6, 6.07) is 4.13. The number of amides is 5. The second-order valence-corrected chi connectivity index (χ2v) is 9.28. The highest BCUT2D eigenvalue weighted by atomic mass is 16.6. The molecule has 2 saturated heterocycles. The van der Waals surface area contributed by atoms with Gasteiger partial charge in [0.2, 0.25) is 11.8 Å². The lowest BCUT2D eigenvalue weighted by Gasteiger charge is -2.40. The van der Waals surface area contributed by atoms with Gasteiger partial charge in [0.1, 0.15) is 11.6 Å². The van der Waals surface area contributed by atoms with Crippen molar-refractivity contribution in [1.29, 1.82) is 0 Å². The maximum Gasteiger partial charge on any atom is 0.410 e. The highest BCUT2D eigenvalue weighted by Gasteiger charge is 2.44. The van der Waals surface area contributed by atoms with E-state index in [0.29, 0.717) is 19.5 Å². The van der Waals surface area contributed by atoms with E-state index in [1.807, 2.05) is 20.8 Å². The number of carbonyl (C=O) groups is 5. The van der Waals surface area contributed by atoms with Crippen molar-refractivity contribution in [3.63, 3.8) is 0 Å². The molecule has 9 nitrogen and oxygen atoms in total. The highest BCUT2D eigenvalue weighted by Crippen LogP contribution is 2.30. The Bertz CT molecular complexity index is 989. The third-order valence-corrected chi connectivity index (χ3v) is 5.64. The Labute approximate surface area is 179 Å². The molecule has 0 radical (unpaired) electrons. The molecule has 1 N–H and O–H groups in total. The predicted molar refractivity (Wildman–Crippen MR) is 108 cm³/mol. The van der Waals surface area contributed by atoms with Gasteiger partial charge in [-0.2, -0.15) is 0 Å². The first-order valence-electron chi connectivity index (χ1n) is 10.4. The maximum atomic E-state index is 12.9. The number of imide groups is 2. The zero-order valence-corrected chi connectivity index (χ0v) is 17.8. The van der Waals surface area contributed by atoms with E-state index >= 15 is 0 Å². The molecule has 164 valence electrons. The van der Waals surface area contributed by atoms with Gasteiger partial charge in [-0.1, -0.05) is 6.07 Å². The van der Waals surface area contributed by atoms with Gasteiger partial charge in [0, 0.05) is 19.5 Å². The number of piperidine rings is 1. The molecule has 2 fully saturated rings. The molecule has 4 rings (SSSR count). The summed E-state index contributed by atoms with van der Waals surface area (Å²) in [5.41, 5.74) is 0.889. The largest absolute Gasteiger partial charge is 0.444 e. The van der Waals surface area contributed by atoms with Gasteiger partial charge in [0.15, 0.2) is 0 Å². The fraction of sp³-hybridized carbons (Fsp3) is 0.500. The van der Waals surface area contributed by atoms with Gasteiger partial charge in [-0.05, 0) is 57.2 Å². The fourth-order valence-electron chi connectivity index (χ4n) is 4.15. The van der Waals surface area contributed by atoms with Crippen molar-refractivity contribution in [3.05, 3.63) is 34.9 Å². The molecule has 5 amide bonds. The Hall–Kier alpha value is -3.23. The SMILES string of the molecule is CC(C)(C)OC(=O)N1CC(Cc2ccc3c(c2)C(=O)N(C2CCC(=O)NC2=O)C3=O)C1. The van der Waals surface area contributed by atoms with E-state index in [9.17, 15) is 24.0 Å². The Morgan fingerprint density at radius 3 is 2.42 bits per heavy atom. The molecule has 0 aliphatic carbocycles. The zero-order valence-electron chi connectivity index (χ0n) is 17.8. The van der Waals surface area contributed by atoms with Crippen LogP contribution in [0.25, 0.3) is 0 Å². The Morgan fingerprint density at radius 2 is 1.77 bits per heavy atom. The summed E-state index contributed by atoms with van der Waals surface area (Å²) in [4.78, 5) is 63.8. The summed E-state index contributed by atoms with van der Waals surface area (Å²) in [5, 5.41) is 2.19. The van der Waals surface area contributed by atoms with Crippen LogP contribution in [0.15, 0.2) is 18.2 Å². The number of carbonyl (C=O) groups excluding carboxylic acids is 5. The molecule has 1 aromatic rings. The number of likely N-dealkylation sites (tertiary alicyclic amines) is 1. The topological polar surface area (TPSA) is 113 Å². The minimum Gasteiger partial charge on any atom is -0.444 e. The van der Waals surface area contributed by atoms with Crippen molar-refractivity contribution in [2.24, 2.45) is 5.92 Å². The molecule has 9 heteroatoms. The molecular formula is C22H25N3O6. The standard InChI is InChI=1S/C22H25N3O6/c1-22(2,3)31-21(30)24-10-13(11-24)8-12-4-5-14-15(9-12)20(29)25(19(14)28)16-6-7-17(26)23-18(16)27/h4-5,9,13,16H,6-8,10-11H2,1-3H3,(H,23,26,27). The van der Waals surface area contributed by atoms with Crippen LogP contribution in [0.2, 0.25) is 0 Å². The number of hydrogen-bond donors (Lipinski definition) is 1. The van der Waals surface area contributed by atoms with Gasteiger partial charge in [0.05, 0.1) is 11.1 Å². The average Bonchev–Trinajstić information content (AvgIpc) is 2.87. The zero-order chi connectivity index (χ0) is 22.5. The molecule has 1 atom stereocenters. The number of benzene rings is 1. The second kappa shape index (κ2) is 7.47. The summed E-state index contributed by atoms with van der Waals surface area (Å²) in [7, 11) is 0. The van der Waals surface area contributed by atoms with E-state index < -0.39 is 35.3 Å². The van der Waals surface area contributed by atoms with Crippen LogP contribution in [0.4, 0.5) is 4.79 Å². The van der Waals surface area contributed by atoms with Crippen LogP contribution in [0, 0.1) is 5.92 Å². The molecule has 31 heavy (non-hydrogen) atoms. The lowest BCUT2D eigenvalue weighted by atomic mass is 9.91. The minimum atomic E-state index is -0.970. The number of ether oxygens (including phenoxy) is 1. The van der Waals surface area contributed by atoms with Gasteiger partial charge in [-0.3, -0.25) is 29.4 Å². The average molecular weight is 427 g/mol. The van der Waals surface area contributed by atoms with Crippen molar-refractivity contribution < 1.29 is 28.7 Å². The quantitative estimate of drug-likeness (QED) is 0.732. The summed E-state index contributed by atoms with van der Waals surface area (Å²) < 4.78 is 5.36. The minimum absolute atomic E-state index is 0.0882. The number of fused-ring (bicyclic) bond motifs is 1. The van der Waals surface area contributed by atoms with E-state index in [-0.39, 0.29) is 36.0 Å². The summed E-state index contributed by atoms with van der Waals surface area (Å²) in [5.74, 6) is -1.81. The van der Waals surface area contributed by atoms with Gasteiger partial charge < -0.3 is 9.64 Å². The number of hydrogen-bond acceptors (Lipinski definition) is 6. The molecule has 1 aromatic carbocycles. The van der Waals surface area contributed by atoms with Crippen LogP contribution in [0.1, 0.15) is 59.9 Å². The van der Waals surface area contributed by atoms with Crippen LogP contribution in [-0.2, 0) is 20.7 Å². The first kappa shape index (κ1) is 21.0. The molecule has 3 heterocycles. The summed E-state index contributed by atoms with van der Waals surface area (Å²) in [6.45, 7) is 6.61. The third-order valence-electron chi connectivity index (χ3n) is 5.64. The molecule has 0 saturated carbocycles. The van der Waals surface area contributed by atoms with E-state index in [2.05, 4.69) is 5.32 Å². The van der Waals surface area contributed by atoms with E-state index in [1.165, 1.54) is 0 Å². The van der Waals surface area contributed by atoms with Gasteiger partial charge in [0.25, 0.3) is 11.8 Å². The lowest BCUT2D eigenvalue weighted by molar-refractivity contribution is -0.136. The lowest BCUT2D eigenvalue weighted by Crippen LogP contribution is -2.54. The normalized spacial score (nSPS) is 21.7. The summed E-state index contributed by atoms with van der Waals surface area (Å²) in [6.07, 6.45) is 0.543. The van der Waals surface area contributed by atoms with Crippen molar-refractivity contribution >= 4 is 29.7 Å². The molecule has 3 aliphatic rings. The Morgan fingerprint density at radius 1 is 1.10 bits per heavy atom. The predicted octanol–water partition coefficient (Wildman–Crippen LogP) is 1.50. The number of rotatable bonds is 3. The van der Waals surface area contributed by atoms with E-state index in [0.717, 1.165) is 10.5 Å². The van der Waals surface area contributed by atoms with Crippen LogP contribution in [-0.4, -0.2) is 64.3 Å².